The molecule has 0 saturated heterocycles. The molecule has 1 N–H and O–H groups in total. The van der Waals surface area contributed by atoms with Crippen molar-refractivity contribution in [2.45, 2.75) is 63.4 Å². The van der Waals surface area contributed by atoms with Gasteiger partial charge in [-0.3, -0.25) is 4.79 Å². The fourth-order valence-electron chi connectivity index (χ4n) is 3.07. The van der Waals surface area contributed by atoms with Gasteiger partial charge >= 0.3 is 0 Å². The Balaban J connectivity index is 1.98. The van der Waals surface area contributed by atoms with Crippen LogP contribution in [0.4, 0.5) is 8.78 Å². The van der Waals surface area contributed by atoms with E-state index in [1.807, 2.05) is 0 Å². The number of aliphatic hydroxyl groups excluding tert-OH is 1. The van der Waals surface area contributed by atoms with Crippen LogP contribution in [0.25, 0.3) is 0 Å². The van der Waals surface area contributed by atoms with Gasteiger partial charge in [0.1, 0.15) is 18.1 Å². The van der Waals surface area contributed by atoms with E-state index in [-0.39, 0.29) is 24.5 Å². The van der Waals surface area contributed by atoms with Crippen LogP contribution in [-0.2, 0) is 4.79 Å². The summed E-state index contributed by atoms with van der Waals surface area (Å²) in [4.78, 5) is 12.1. The first-order chi connectivity index (χ1) is 8.09. The smallest absolute Gasteiger partial charge is 0.142 e. The predicted molar refractivity (Wildman–Crippen MR) is 60.1 cm³/mol. The first-order valence-electron chi connectivity index (χ1n) is 6.59. The van der Waals surface area contributed by atoms with Gasteiger partial charge in [-0.1, -0.05) is 19.3 Å². The molecule has 0 aromatic carbocycles. The molecule has 2 saturated carbocycles. The Morgan fingerprint density at radius 3 is 2.29 bits per heavy atom. The van der Waals surface area contributed by atoms with E-state index < -0.39 is 24.4 Å². The average molecular weight is 246 g/mol. The van der Waals surface area contributed by atoms with Crippen molar-refractivity contribution < 1.29 is 18.7 Å². The maximum absolute atomic E-state index is 13.7. The average Bonchev–Trinajstić information content (AvgIpc) is 2.34. The second-order valence-electron chi connectivity index (χ2n) is 5.41. The minimum atomic E-state index is -1.44. The normalized spacial score (nSPS) is 40.2. The van der Waals surface area contributed by atoms with E-state index in [1.165, 1.54) is 0 Å². The van der Waals surface area contributed by atoms with Crippen LogP contribution in [0.5, 0.6) is 0 Å². The molecule has 4 atom stereocenters. The molecule has 0 bridgehead atoms. The van der Waals surface area contributed by atoms with E-state index in [2.05, 4.69) is 0 Å². The van der Waals surface area contributed by atoms with Gasteiger partial charge in [-0.15, -0.1) is 0 Å². The zero-order valence-corrected chi connectivity index (χ0v) is 9.95. The summed E-state index contributed by atoms with van der Waals surface area (Å²) in [5.41, 5.74) is 0. The molecule has 0 aromatic heterocycles. The Kier molecular flexibility index (Phi) is 4.13. The fraction of sp³-hybridized carbons (Fsp3) is 0.923. The molecule has 0 spiro atoms. The second kappa shape index (κ2) is 5.42. The van der Waals surface area contributed by atoms with E-state index in [4.69, 9.17) is 0 Å². The Bertz CT molecular complexity index is 277. The zero-order valence-electron chi connectivity index (χ0n) is 9.95. The van der Waals surface area contributed by atoms with Gasteiger partial charge < -0.3 is 5.11 Å². The molecular weight excluding hydrogens is 226 g/mol. The molecule has 4 unspecified atom stereocenters. The van der Waals surface area contributed by atoms with Crippen molar-refractivity contribution in [1.82, 2.24) is 0 Å². The van der Waals surface area contributed by atoms with Crippen molar-refractivity contribution in [2.24, 2.45) is 11.8 Å². The molecule has 0 heterocycles. The van der Waals surface area contributed by atoms with Gasteiger partial charge in [0.15, 0.2) is 0 Å². The Morgan fingerprint density at radius 1 is 1.00 bits per heavy atom. The van der Waals surface area contributed by atoms with Crippen molar-refractivity contribution in [3.8, 4) is 0 Å². The summed E-state index contributed by atoms with van der Waals surface area (Å²) >= 11 is 0. The molecule has 0 aromatic rings. The topological polar surface area (TPSA) is 37.3 Å². The third kappa shape index (κ3) is 2.84. The number of rotatable bonds is 2. The van der Waals surface area contributed by atoms with Crippen LogP contribution < -0.4 is 0 Å². The number of aliphatic hydroxyl groups is 1. The minimum absolute atomic E-state index is 0.0746. The van der Waals surface area contributed by atoms with Crippen LogP contribution >= 0.6 is 0 Å². The van der Waals surface area contributed by atoms with Crippen molar-refractivity contribution in [3.63, 3.8) is 0 Å². The summed E-state index contributed by atoms with van der Waals surface area (Å²) in [6.07, 6.45) is 0.387. The van der Waals surface area contributed by atoms with E-state index in [0.717, 1.165) is 32.1 Å². The SMILES string of the molecule is O=C(C1CCCCC1)C1CC(F)C(O)CC1F. The minimum Gasteiger partial charge on any atom is -0.390 e. The summed E-state index contributed by atoms with van der Waals surface area (Å²) in [6.45, 7) is 0. The Labute approximate surface area is 100 Å². The monoisotopic (exact) mass is 246 g/mol. The number of carbonyl (C=O) groups excluding carboxylic acids is 1. The largest absolute Gasteiger partial charge is 0.390 e. The number of hydrogen-bond donors (Lipinski definition) is 1. The highest BCUT2D eigenvalue weighted by Gasteiger charge is 2.42. The van der Waals surface area contributed by atoms with Gasteiger partial charge in [-0.25, -0.2) is 8.78 Å². The number of carbonyl (C=O) groups is 1. The number of hydrogen-bond acceptors (Lipinski definition) is 2. The highest BCUT2D eigenvalue weighted by Crippen LogP contribution is 2.35. The van der Waals surface area contributed by atoms with Gasteiger partial charge in [-0.05, 0) is 19.3 Å². The molecule has 0 radical (unpaired) electrons. The molecule has 0 amide bonds. The quantitative estimate of drug-likeness (QED) is 0.813. The zero-order chi connectivity index (χ0) is 12.4. The lowest BCUT2D eigenvalue weighted by Gasteiger charge is -2.33. The fourth-order valence-corrected chi connectivity index (χ4v) is 3.07. The summed E-state index contributed by atoms with van der Waals surface area (Å²) < 4.78 is 27.1. The third-order valence-corrected chi connectivity index (χ3v) is 4.17. The summed E-state index contributed by atoms with van der Waals surface area (Å²) in [6, 6.07) is 0. The number of alkyl halides is 2. The maximum atomic E-state index is 13.7. The van der Waals surface area contributed by atoms with E-state index in [0.29, 0.717) is 0 Å². The van der Waals surface area contributed by atoms with Gasteiger partial charge in [0, 0.05) is 12.3 Å². The Morgan fingerprint density at radius 2 is 1.65 bits per heavy atom. The molecule has 4 heteroatoms. The van der Waals surface area contributed by atoms with Crippen LogP contribution in [0.3, 0.4) is 0 Å². The number of Topliss-reactive ketones (excluding diaryl/α,β-unsaturated/α-hetero) is 1. The van der Waals surface area contributed by atoms with E-state index in [9.17, 15) is 18.7 Å². The molecular formula is C13H20F2O2. The van der Waals surface area contributed by atoms with Crippen molar-refractivity contribution in [1.29, 1.82) is 0 Å². The lowest BCUT2D eigenvalue weighted by molar-refractivity contribution is -0.134. The highest BCUT2D eigenvalue weighted by atomic mass is 19.1. The molecule has 98 valence electrons. The van der Waals surface area contributed by atoms with Crippen molar-refractivity contribution >= 4 is 5.78 Å². The van der Waals surface area contributed by atoms with Crippen LogP contribution in [-0.4, -0.2) is 29.3 Å². The molecule has 0 aliphatic heterocycles. The Hall–Kier alpha value is -0.510. The molecule has 2 aliphatic rings. The van der Waals surface area contributed by atoms with Crippen LogP contribution in [0, 0.1) is 11.8 Å². The first kappa shape index (κ1) is 12.9. The summed E-state index contributed by atoms with van der Waals surface area (Å²) in [5, 5.41) is 9.23. The lowest BCUT2D eigenvalue weighted by Crippen LogP contribution is -2.43. The third-order valence-electron chi connectivity index (χ3n) is 4.17. The van der Waals surface area contributed by atoms with Gasteiger partial charge in [0.2, 0.25) is 0 Å². The van der Waals surface area contributed by atoms with Gasteiger partial charge in [-0.2, -0.15) is 0 Å². The van der Waals surface area contributed by atoms with Crippen LogP contribution in [0.2, 0.25) is 0 Å². The molecule has 2 aliphatic carbocycles. The van der Waals surface area contributed by atoms with Gasteiger partial charge in [0.05, 0.1) is 12.0 Å². The standard InChI is InChI=1S/C13H20F2O2/c14-10-7-12(16)11(15)6-9(10)13(17)8-4-2-1-3-5-8/h8-12,16H,1-7H2. The molecule has 2 rings (SSSR count). The van der Waals surface area contributed by atoms with E-state index in [1.54, 1.807) is 0 Å². The lowest BCUT2D eigenvalue weighted by atomic mass is 9.74. The number of halogens is 2. The van der Waals surface area contributed by atoms with Crippen molar-refractivity contribution in [3.05, 3.63) is 0 Å². The van der Waals surface area contributed by atoms with Crippen LogP contribution in [0.15, 0.2) is 0 Å². The summed E-state index contributed by atoms with van der Waals surface area (Å²) in [7, 11) is 0. The maximum Gasteiger partial charge on any atom is 0.142 e. The van der Waals surface area contributed by atoms with Crippen LogP contribution in [0.1, 0.15) is 44.9 Å². The summed E-state index contributed by atoms with van der Waals surface area (Å²) in [5.74, 6) is -1.00. The molecule has 2 fully saturated rings. The second-order valence-corrected chi connectivity index (χ2v) is 5.41. The van der Waals surface area contributed by atoms with Crippen molar-refractivity contribution in [2.75, 3.05) is 0 Å². The number of ketones is 1. The molecule has 2 nitrogen and oxygen atoms in total. The van der Waals surface area contributed by atoms with E-state index >= 15 is 0 Å². The van der Waals surface area contributed by atoms with Gasteiger partial charge in [0.25, 0.3) is 0 Å². The highest BCUT2D eigenvalue weighted by molar-refractivity contribution is 5.84. The predicted octanol–water partition coefficient (Wildman–Crippen LogP) is 2.58. The molecule has 17 heavy (non-hydrogen) atoms. The first-order valence-corrected chi connectivity index (χ1v) is 6.59.